The molecule has 0 radical (unpaired) electrons. The van der Waals surface area contributed by atoms with E-state index in [2.05, 4.69) is 5.32 Å². The normalized spacial score (nSPS) is 12.7. The molecule has 0 aliphatic heterocycles. The molecular formula is C12H19NO2S. The van der Waals surface area contributed by atoms with Gasteiger partial charge in [0.05, 0.1) is 5.75 Å². The molecule has 1 aromatic carbocycles. The lowest BCUT2D eigenvalue weighted by Crippen LogP contribution is -2.44. The van der Waals surface area contributed by atoms with Gasteiger partial charge in [-0.15, -0.1) is 0 Å². The molecule has 1 rings (SSSR count). The summed E-state index contributed by atoms with van der Waals surface area (Å²) in [5, 5.41) is 3.25. The van der Waals surface area contributed by atoms with Crippen LogP contribution < -0.4 is 5.32 Å². The van der Waals surface area contributed by atoms with Crippen LogP contribution in [0.1, 0.15) is 19.4 Å². The van der Waals surface area contributed by atoms with Gasteiger partial charge in [0.2, 0.25) is 0 Å². The molecule has 0 aromatic heterocycles. The van der Waals surface area contributed by atoms with Gasteiger partial charge in [-0.2, -0.15) is 0 Å². The first-order chi connectivity index (χ1) is 7.29. The summed E-state index contributed by atoms with van der Waals surface area (Å²) in [5.41, 5.74) is 0.757. The summed E-state index contributed by atoms with van der Waals surface area (Å²) in [5.74, 6) is 0.146. The van der Waals surface area contributed by atoms with Crippen LogP contribution in [-0.2, 0) is 16.4 Å². The topological polar surface area (TPSA) is 46.2 Å². The van der Waals surface area contributed by atoms with Crippen molar-refractivity contribution in [1.82, 2.24) is 5.32 Å². The van der Waals surface area contributed by atoms with Gasteiger partial charge in [-0.25, -0.2) is 8.42 Å². The number of hydrogen-bond acceptors (Lipinski definition) is 3. The lowest BCUT2D eigenvalue weighted by molar-refractivity contribution is 0.423. The van der Waals surface area contributed by atoms with Crippen molar-refractivity contribution in [3.8, 4) is 0 Å². The predicted molar refractivity (Wildman–Crippen MR) is 67.1 cm³/mol. The summed E-state index contributed by atoms with van der Waals surface area (Å²) in [4.78, 5) is 0. The van der Waals surface area contributed by atoms with E-state index in [9.17, 15) is 8.42 Å². The SMILES string of the molecule is CC(C)(CS(C)(=O)=O)NCc1ccccc1. The van der Waals surface area contributed by atoms with Gasteiger partial charge in [-0.05, 0) is 19.4 Å². The molecule has 1 N–H and O–H groups in total. The Morgan fingerprint density at radius 3 is 2.25 bits per heavy atom. The summed E-state index contributed by atoms with van der Waals surface area (Å²) in [6.45, 7) is 4.48. The Morgan fingerprint density at radius 2 is 1.75 bits per heavy atom. The lowest BCUT2D eigenvalue weighted by Gasteiger charge is -2.25. The summed E-state index contributed by atoms with van der Waals surface area (Å²) in [6, 6.07) is 9.94. The first kappa shape index (κ1) is 13.2. The van der Waals surface area contributed by atoms with E-state index in [1.807, 2.05) is 44.2 Å². The Kier molecular flexibility index (Phi) is 4.10. The van der Waals surface area contributed by atoms with Crippen LogP contribution >= 0.6 is 0 Å². The standard InChI is InChI=1S/C12H19NO2S/c1-12(2,10-16(3,14)15)13-9-11-7-5-4-6-8-11/h4-8,13H,9-10H2,1-3H3. The number of rotatable bonds is 5. The first-order valence-corrected chi connectivity index (χ1v) is 7.31. The lowest BCUT2D eigenvalue weighted by atomic mass is 10.1. The second-order valence-electron chi connectivity index (χ2n) is 4.79. The monoisotopic (exact) mass is 241 g/mol. The van der Waals surface area contributed by atoms with E-state index in [1.165, 1.54) is 6.26 Å². The summed E-state index contributed by atoms with van der Waals surface area (Å²) < 4.78 is 22.4. The van der Waals surface area contributed by atoms with Gasteiger partial charge in [-0.1, -0.05) is 30.3 Å². The molecule has 0 aliphatic carbocycles. The van der Waals surface area contributed by atoms with E-state index in [0.29, 0.717) is 6.54 Å². The van der Waals surface area contributed by atoms with Crippen molar-refractivity contribution in [3.05, 3.63) is 35.9 Å². The maximum Gasteiger partial charge on any atom is 0.149 e. The maximum atomic E-state index is 11.2. The molecule has 0 spiro atoms. The molecule has 0 saturated carbocycles. The van der Waals surface area contributed by atoms with Crippen molar-refractivity contribution in [3.63, 3.8) is 0 Å². The van der Waals surface area contributed by atoms with Crippen LogP contribution in [0.3, 0.4) is 0 Å². The molecule has 0 aliphatic rings. The fraction of sp³-hybridized carbons (Fsp3) is 0.500. The highest BCUT2D eigenvalue weighted by Gasteiger charge is 2.22. The highest BCUT2D eigenvalue weighted by atomic mass is 32.2. The summed E-state index contributed by atoms with van der Waals surface area (Å²) >= 11 is 0. The van der Waals surface area contributed by atoms with Gasteiger partial charge >= 0.3 is 0 Å². The van der Waals surface area contributed by atoms with E-state index in [0.717, 1.165) is 5.56 Å². The molecule has 90 valence electrons. The highest BCUT2D eigenvalue weighted by molar-refractivity contribution is 7.90. The van der Waals surface area contributed by atoms with Gasteiger partial charge in [0.15, 0.2) is 0 Å². The molecule has 1 aromatic rings. The number of hydrogen-bond donors (Lipinski definition) is 1. The van der Waals surface area contributed by atoms with Gasteiger partial charge in [-0.3, -0.25) is 0 Å². The minimum absolute atomic E-state index is 0.146. The average Bonchev–Trinajstić information content (AvgIpc) is 2.13. The van der Waals surface area contributed by atoms with E-state index in [-0.39, 0.29) is 5.75 Å². The third kappa shape index (κ3) is 5.28. The Hall–Kier alpha value is -0.870. The third-order valence-corrected chi connectivity index (χ3v) is 3.48. The Bertz CT molecular complexity index is 424. The van der Waals surface area contributed by atoms with E-state index >= 15 is 0 Å². The van der Waals surface area contributed by atoms with E-state index < -0.39 is 15.4 Å². The van der Waals surface area contributed by atoms with Crippen LogP contribution in [0.5, 0.6) is 0 Å². The molecule has 0 fully saturated rings. The molecule has 16 heavy (non-hydrogen) atoms. The van der Waals surface area contributed by atoms with Crippen molar-refractivity contribution < 1.29 is 8.42 Å². The highest BCUT2D eigenvalue weighted by Crippen LogP contribution is 2.08. The zero-order valence-corrected chi connectivity index (χ0v) is 10.8. The molecule has 3 nitrogen and oxygen atoms in total. The van der Waals surface area contributed by atoms with Crippen molar-refractivity contribution in [1.29, 1.82) is 0 Å². The molecule has 4 heteroatoms. The molecule has 0 atom stereocenters. The molecule has 0 heterocycles. The van der Waals surface area contributed by atoms with E-state index in [1.54, 1.807) is 0 Å². The van der Waals surface area contributed by atoms with Gasteiger partial charge in [0, 0.05) is 18.3 Å². The minimum Gasteiger partial charge on any atom is -0.307 e. The Morgan fingerprint density at radius 1 is 1.19 bits per heavy atom. The summed E-state index contributed by atoms with van der Waals surface area (Å²) in [6.07, 6.45) is 1.26. The molecule has 0 unspecified atom stereocenters. The van der Waals surface area contributed by atoms with Gasteiger partial charge in [0.1, 0.15) is 9.84 Å². The minimum atomic E-state index is -2.95. The van der Waals surface area contributed by atoms with Crippen LogP contribution in [0.15, 0.2) is 30.3 Å². The van der Waals surface area contributed by atoms with Crippen molar-refractivity contribution in [2.75, 3.05) is 12.0 Å². The smallest absolute Gasteiger partial charge is 0.149 e. The van der Waals surface area contributed by atoms with Crippen LogP contribution in [0, 0.1) is 0 Å². The van der Waals surface area contributed by atoms with Crippen molar-refractivity contribution >= 4 is 9.84 Å². The second kappa shape index (κ2) is 4.97. The number of benzene rings is 1. The van der Waals surface area contributed by atoms with Gasteiger partial charge < -0.3 is 5.32 Å². The zero-order valence-electron chi connectivity index (χ0n) is 10.0. The predicted octanol–water partition coefficient (Wildman–Crippen LogP) is 1.60. The summed E-state index contributed by atoms with van der Waals surface area (Å²) in [7, 11) is -2.95. The van der Waals surface area contributed by atoms with Crippen molar-refractivity contribution in [2.45, 2.75) is 25.9 Å². The zero-order chi connectivity index (χ0) is 12.2. The quantitative estimate of drug-likeness (QED) is 0.851. The number of sulfone groups is 1. The maximum absolute atomic E-state index is 11.2. The third-order valence-electron chi connectivity index (χ3n) is 2.24. The van der Waals surface area contributed by atoms with Crippen LogP contribution in [0.2, 0.25) is 0 Å². The van der Waals surface area contributed by atoms with Crippen LogP contribution in [0.4, 0.5) is 0 Å². The largest absolute Gasteiger partial charge is 0.307 e. The average molecular weight is 241 g/mol. The molecular weight excluding hydrogens is 222 g/mol. The van der Waals surface area contributed by atoms with Gasteiger partial charge in [0.25, 0.3) is 0 Å². The van der Waals surface area contributed by atoms with Crippen LogP contribution in [-0.4, -0.2) is 26.0 Å². The fourth-order valence-electron chi connectivity index (χ4n) is 1.64. The number of nitrogens with one attached hydrogen (secondary N) is 1. The molecule has 0 saturated heterocycles. The molecule has 0 amide bonds. The first-order valence-electron chi connectivity index (χ1n) is 5.25. The van der Waals surface area contributed by atoms with Crippen LogP contribution in [0.25, 0.3) is 0 Å². The van der Waals surface area contributed by atoms with E-state index in [4.69, 9.17) is 0 Å². The second-order valence-corrected chi connectivity index (χ2v) is 6.93. The Labute approximate surface area is 97.8 Å². The fourth-order valence-corrected chi connectivity index (χ4v) is 3.06. The molecule has 0 bridgehead atoms. The Balaban J connectivity index is 2.55. The van der Waals surface area contributed by atoms with Crippen molar-refractivity contribution in [2.24, 2.45) is 0 Å².